The minimum Gasteiger partial charge on any atom is -0.459 e. The monoisotopic (exact) mass is 365 g/mol. The van der Waals surface area contributed by atoms with Crippen LogP contribution in [-0.2, 0) is 29.0 Å². The van der Waals surface area contributed by atoms with Crippen LogP contribution in [0.5, 0.6) is 0 Å². The molecule has 7 heteroatoms. The molecule has 2 aromatic heterocycles. The quantitative estimate of drug-likeness (QED) is 0.506. The van der Waals surface area contributed by atoms with E-state index in [1.807, 2.05) is 6.07 Å². The summed E-state index contributed by atoms with van der Waals surface area (Å²) >= 11 is 0. The number of esters is 1. The average molecular weight is 365 g/mol. The zero-order valence-electron chi connectivity index (χ0n) is 15.0. The van der Waals surface area contributed by atoms with E-state index in [1.165, 1.54) is 17.2 Å². The Kier molecular flexibility index (Phi) is 4.58. The minimum atomic E-state index is -0.442. The van der Waals surface area contributed by atoms with E-state index in [2.05, 4.69) is 16.0 Å². The number of anilines is 1. The van der Waals surface area contributed by atoms with Crippen LogP contribution in [0.3, 0.4) is 0 Å². The van der Waals surface area contributed by atoms with Gasteiger partial charge in [-0.1, -0.05) is 0 Å². The summed E-state index contributed by atoms with van der Waals surface area (Å²) in [6, 6.07) is 5.38. The number of benzene rings is 1. The molecule has 3 aromatic rings. The maximum absolute atomic E-state index is 12.2. The van der Waals surface area contributed by atoms with E-state index in [4.69, 9.17) is 9.15 Å². The Bertz CT molecular complexity index is 1050. The maximum Gasteiger partial charge on any atom is 0.336 e. The highest BCUT2D eigenvalue weighted by Crippen LogP contribution is 2.28. The lowest BCUT2D eigenvalue weighted by molar-refractivity contribution is -0.143. The van der Waals surface area contributed by atoms with E-state index < -0.39 is 11.6 Å². The highest BCUT2D eigenvalue weighted by molar-refractivity contribution is 5.82. The van der Waals surface area contributed by atoms with Crippen LogP contribution in [0.2, 0.25) is 0 Å². The smallest absolute Gasteiger partial charge is 0.336 e. The normalized spacial score (nSPS) is 12.8. The third kappa shape index (κ3) is 3.67. The van der Waals surface area contributed by atoms with Crippen molar-refractivity contribution in [1.82, 2.24) is 9.97 Å². The van der Waals surface area contributed by atoms with Crippen molar-refractivity contribution in [2.45, 2.75) is 25.9 Å². The molecule has 0 radical (unpaired) electrons. The Morgan fingerprint density at radius 1 is 1.22 bits per heavy atom. The average Bonchev–Trinajstić information content (AvgIpc) is 3.12. The third-order valence-electron chi connectivity index (χ3n) is 4.74. The number of ether oxygens (including phenoxy) is 1. The fourth-order valence-corrected chi connectivity index (χ4v) is 3.38. The van der Waals surface area contributed by atoms with Gasteiger partial charge in [0.1, 0.15) is 24.6 Å². The lowest BCUT2D eigenvalue weighted by atomic mass is 10.0. The first-order valence-electron chi connectivity index (χ1n) is 8.81. The first-order chi connectivity index (χ1) is 13.1. The van der Waals surface area contributed by atoms with Crippen molar-refractivity contribution in [2.75, 3.05) is 18.5 Å². The molecule has 0 fully saturated rings. The first kappa shape index (κ1) is 17.2. The number of hydrogen-bond donors (Lipinski definition) is 0. The summed E-state index contributed by atoms with van der Waals surface area (Å²) in [5, 5.41) is 0.824. The summed E-state index contributed by atoms with van der Waals surface area (Å²) in [4.78, 5) is 33.8. The van der Waals surface area contributed by atoms with Crippen molar-refractivity contribution in [2.24, 2.45) is 0 Å². The van der Waals surface area contributed by atoms with Gasteiger partial charge in [-0.2, -0.15) is 0 Å². The predicted molar refractivity (Wildman–Crippen MR) is 99.6 cm³/mol. The van der Waals surface area contributed by atoms with Gasteiger partial charge in [-0.05, 0) is 42.5 Å². The molecule has 0 spiro atoms. The minimum absolute atomic E-state index is 0.0219. The summed E-state index contributed by atoms with van der Waals surface area (Å²) in [6.45, 7) is 0.0570. The van der Waals surface area contributed by atoms with Gasteiger partial charge in [-0.25, -0.2) is 9.78 Å². The van der Waals surface area contributed by atoms with Gasteiger partial charge in [-0.3, -0.25) is 9.78 Å². The molecular weight excluding hydrogens is 346 g/mol. The van der Waals surface area contributed by atoms with Crippen molar-refractivity contribution >= 4 is 22.8 Å². The molecule has 0 amide bonds. The molecule has 0 saturated carbocycles. The summed E-state index contributed by atoms with van der Waals surface area (Å²) in [5.74, 6) is 0.168. The standard InChI is InChI=1S/C20H19N3O4/c1-23(18-10-21-5-6-22-18)11-20(25)26-12-15-9-19(24)27-17-8-14-4-2-3-13(14)7-16(15)17/h5-10H,2-4,11-12H2,1H3. The number of rotatable bonds is 5. The molecule has 27 heavy (non-hydrogen) atoms. The molecule has 0 saturated heterocycles. The SMILES string of the molecule is CN(CC(=O)OCc1cc(=O)oc2cc3c(cc12)CCC3)c1cnccn1. The molecule has 1 aliphatic rings. The number of nitrogens with zero attached hydrogens (tertiary/aromatic N) is 3. The van der Waals surface area contributed by atoms with E-state index in [1.54, 1.807) is 30.5 Å². The number of aryl methyl sites for hydroxylation is 2. The number of likely N-dealkylation sites (N-methyl/N-ethyl adjacent to an activating group) is 1. The molecule has 0 bridgehead atoms. The van der Waals surface area contributed by atoms with E-state index in [0.29, 0.717) is 17.0 Å². The van der Waals surface area contributed by atoms with Crippen LogP contribution in [0, 0.1) is 0 Å². The maximum atomic E-state index is 12.2. The third-order valence-corrected chi connectivity index (χ3v) is 4.74. The lowest BCUT2D eigenvalue weighted by Gasteiger charge is -2.16. The van der Waals surface area contributed by atoms with Crippen molar-refractivity contribution in [3.8, 4) is 0 Å². The summed E-state index contributed by atoms with van der Waals surface area (Å²) in [7, 11) is 1.74. The van der Waals surface area contributed by atoms with Crippen LogP contribution < -0.4 is 10.5 Å². The van der Waals surface area contributed by atoms with Crippen molar-refractivity contribution in [3.63, 3.8) is 0 Å². The molecule has 1 aliphatic carbocycles. The molecule has 0 N–H and O–H groups in total. The Hall–Kier alpha value is -3.22. The van der Waals surface area contributed by atoms with Gasteiger partial charge in [-0.15, -0.1) is 0 Å². The fourth-order valence-electron chi connectivity index (χ4n) is 3.38. The zero-order valence-corrected chi connectivity index (χ0v) is 15.0. The Morgan fingerprint density at radius 3 is 2.81 bits per heavy atom. The van der Waals surface area contributed by atoms with Gasteiger partial charge in [0.2, 0.25) is 0 Å². The van der Waals surface area contributed by atoms with Crippen LogP contribution in [0.4, 0.5) is 5.82 Å². The molecule has 4 rings (SSSR count). The van der Waals surface area contributed by atoms with Gasteiger partial charge in [0, 0.05) is 36.5 Å². The number of carbonyl (C=O) groups is 1. The van der Waals surface area contributed by atoms with E-state index >= 15 is 0 Å². The van der Waals surface area contributed by atoms with Crippen LogP contribution in [0.25, 0.3) is 11.0 Å². The summed E-state index contributed by atoms with van der Waals surface area (Å²) < 4.78 is 10.7. The van der Waals surface area contributed by atoms with Crippen molar-refractivity contribution < 1.29 is 13.9 Å². The molecule has 7 nitrogen and oxygen atoms in total. The van der Waals surface area contributed by atoms with E-state index in [-0.39, 0.29) is 13.2 Å². The predicted octanol–water partition coefficient (Wildman–Crippen LogP) is 2.25. The van der Waals surface area contributed by atoms with E-state index in [0.717, 1.165) is 24.6 Å². The second-order valence-corrected chi connectivity index (χ2v) is 6.64. The largest absolute Gasteiger partial charge is 0.459 e. The topological polar surface area (TPSA) is 85.5 Å². The van der Waals surface area contributed by atoms with Crippen LogP contribution >= 0.6 is 0 Å². The first-order valence-corrected chi connectivity index (χ1v) is 8.81. The van der Waals surface area contributed by atoms with Crippen molar-refractivity contribution in [3.05, 3.63) is 63.9 Å². The van der Waals surface area contributed by atoms with Crippen molar-refractivity contribution in [1.29, 1.82) is 0 Å². The second kappa shape index (κ2) is 7.19. The highest BCUT2D eigenvalue weighted by Gasteiger charge is 2.16. The van der Waals surface area contributed by atoms with E-state index in [9.17, 15) is 9.59 Å². The van der Waals surface area contributed by atoms with Gasteiger partial charge in [0.25, 0.3) is 0 Å². The van der Waals surface area contributed by atoms with Crippen LogP contribution in [-0.4, -0.2) is 29.5 Å². The fraction of sp³-hybridized carbons (Fsp3) is 0.300. The summed E-state index contributed by atoms with van der Waals surface area (Å²) in [5.41, 5.74) is 3.26. The highest BCUT2D eigenvalue weighted by atomic mass is 16.5. The zero-order chi connectivity index (χ0) is 18.8. The molecule has 138 valence electrons. The molecule has 0 aliphatic heterocycles. The summed E-state index contributed by atoms with van der Waals surface area (Å²) in [6.07, 6.45) is 7.83. The molecule has 0 atom stereocenters. The van der Waals surface area contributed by atoms with Gasteiger partial charge in [0.15, 0.2) is 0 Å². The molecule has 0 unspecified atom stereocenters. The molecule has 1 aromatic carbocycles. The van der Waals surface area contributed by atoms with Crippen LogP contribution in [0.1, 0.15) is 23.1 Å². The second-order valence-electron chi connectivity index (χ2n) is 6.64. The van der Waals surface area contributed by atoms with Gasteiger partial charge >= 0.3 is 11.6 Å². The Balaban J connectivity index is 1.50. The molecule has 2 heterocycles. The van der Waals surface area contributed by atoms with Gasteiger partial charge in [0.05, 0.1) is 6.20 Å². The Labute approximate surface area is 155 Å². The number of fused-ring (bicyclic) bond motifs is 2. The van der Waals surface area contributed by atoms with Gasteiger partial charge < -0.3 is 14.1 Å². The molecular formula is C20H19N3O4. The number of aromatic nitrogens is 2. The van der Waals surface area contributed by atoms with Crippen LogP contribution in [0.15, 0.2) is 46.0 Å². The number of hydrogen-bond acceptors (Lipinski definition) is 7. The Morgan fingerprint density at radius 2 is 2.04 bits per heavy atom. The lowest BCUT2D eigenvalue weighted by Crippen LogP contribution is -2.27. The number of carbonyl (C=O) groups excluding carboxylic acids is 1.